The normalized spacial score (nSPS) is 13.4. The Morgan fingerprint density at radius 1 is 0.391 bits per heavy atom. The fraction of sp³-hybridized carbons (Fsp3) is 0.915. The molecule has 0 aliphatic rings. The van der Waals surface area contributed by atoms with E-state index in [0.29, 0.717) is 6.42 Å². The summed E-state index contributed by atoms with van der Waals surface area (Å²) in [5.74, 6) is -0.311. The van der Waals surface area contributed by atoms with Crippen LogP contribution in [0.3, 0.4) is 0 Å². The van der Waals surface area contributed by atoms with Crippen LogP contribution in [0.4, 0.5) is 0 Å². The first-order chi connectivity index (χ1) is 31.5. The van der Waals surface area contributed by atoms with E-state index in [0.717, 1.165) is 25.7 Å². The summed E-state index contributed by atoms with van der Waals surface area (Å²) in [4.78, 5) is 12.5. The van der Waals surface area contributed by atoms with E-state index in [1.54, 1.807) is 6.08 Å². The van der Waals surface area contributed by atoms with Gasteiger partial charge < -0.3 is 20.6 Å². The van der Waals surface area contributed by atoms with Crippen molar-refractivity contribution in [3.05, 3.63) is 24.3 Å². The van der Waals surface area contributed by atoms with Crippen molar-refractivity contribution < 1.29 is 20.1 Å². The summed E-state index contributed by atoms with van der Waals surface area (Å²) in [5.41, 5.74) is 0. The molecule has 0 saturated heterocycles. The maximum atomic E-state index is 12.5. The van der Waals surface area contributed by atoms with Gasteiger partial charge in [-0.3, -0.25) is 4.79 Å². The van der Waals surface area contributed by atoms with Crippen molar-refractivity contribution in [2.75, 3.05) is 6.61 Å². The van der Waals surface area contributed by atoms with Gasteiger partial charge in [-0.05, 0) is 44.9 Å². The van der Waals surface area contributed by atoms with E-state index in [-0.39, 0.29) is 18.9 Å². The van der Waals surface area contributed by atoms with Gasteiger partial charge in [-0.2, -0.15) is 0 Å². The van der Waals surface area contributed by atoms with E-state index >= 15 is 0 Å². The molecule has 0 aliphatic carbocycles. The molecule has 0 spiro atoms. The predicted molar refractivity (Wildman–Crippen MR) is 282 cm³/mol. The standard InChI is InChI=1S/C59H115NO4/c1-3-5-7-9-11-13-15-17-19-21-23-25-27-29-30-32-34-36-38-40-42-44-46-48-50-52-56(62)54-59(64)60-57(55-61)58(63)53-51-49-47-45-43-41-39-37-35-33-31-28-26-24-22-20-18-16-14-12-10-8-6-4-2/h29-30,51,53,56-58,61-63H,3-28,31-50,52,54-55H2,1-2H3,(H,60,64)/b30-29-,53-51+. The van der Waals surface area contributed by atoms with Crippen LogP contribution in [0.25, 0.3) is 0 Å². The number of aliphatic hydroxyl groups excluding tert-OH is 3. The molecule has 0 aromatic heterocycles. The minimum atomic E-state index is -0.929. The topological polar surface area (TPSA) is 89.8 Å². The molecular formula is C59H115NO4. The second-order valence-electron chi connectivity index (χ2n) is 20.3. The molecule has 0 bridgehead atoms. The molecular weight excluding hydrogens is 787 g/mol. The van der Waals surface area contributed by atoms with Crippen LogP contribution in [0.15, 0.2) is 24.3 Å². The van der Waals surface area contributed by atoms with Crippen molar-refractivity contribution in [2.24, 2.45) is 0 Å². The van der Waals surface area contributed by atoms with Gasteiger partial charge in [0, 0.05) is 0 Å². The third kappa shape index (κ3) is 50.2. The van der Waals surface area contributed by atoms with Crippen molar-refractivity contribution in [3.63, 3.8) is 0 Å². The second kappa shape index (κ2) is 54.4. The molecule has 5 nitrogen and oxygen atoms in total. The first kappa shape index (κ1) is 62.8. The van der Waals surface area contributed by atoms with E-state index < -0.39 is 18.2 Å². The molecule has 0 heterocycles. The maximum Gasteiger partial charge on any atom is 0.222 e. The molecule has 0 rings (SSSR count). The maximum absolute atomic E-state index is 12.5. The number of hydrogen-bond acceptors (Lipinski definition) is 4. The summed E-state index contributed by atoms with van der Waals surface area (Å²) in [5, 5.41) is 33.5. The van der Waals surface area contributed by atoms with Crippen molar-refractivity contribution in [1.82, 2.24) is 5.32 Å². The number of unbranched alkanes of at least 4 members (excludes halogenated alkanes) is 43. The van der Waals surface area contributed by atoms with E-state index in [1.165, 1.54) is 270 Å². The molecule has 0 fully saturated rings. The van der Waals surface area contributed by atoms with Gasteiger partial charge in [-0.25, -0.2) is 0 Å². The SMILES string of the molecule is CCCCCCCCCCCCCC/C=C\CCCCCCCCCCCC(O)CC(=O)NC(CO)C(O)/C=C/CCCCCCCCCCCCCCCCCCCCCCCC. The van der Waals surface area contributed by atoms with Gasteiger partial charge in [0.05, 0.1) is 31.3 Å². The van der Waals surface area contributed by atoms with Crippen molar-refractivity contribution in [3.8, 4) is 0 Å². The minimum Gasteiger partial charge on any atom is -0.394 e. The van der Waals surface area contributed by atoms with Crippen LogP contribution < -0.4 is 5.32 Å². The molecule has 5 heteroatoms. The largest absolute Gasteiger partial charge is 0.394 e. The number of rotatable bonds is 54. The Kier molecular flexibility index (Phi) is 53.4. The highest BCUT2D eigenvalue weighted by Crippen LogP contribution is 2.18. The molecule has 0 aromatic carbocycles. The highest BCUT2D eigenvalue weighted by atomic mass is 16.3. The van der Waals surface area contributed by atoms with Gasteiger partial charge in [0.2, 0.25) is 5.91 Å². The number of carbonyl (C=O) groups excluding carboxylic acids is 1. The van der Waals surface area contributed by atoms with Crippen LogP contribution in [0.1, 0.15) is 322 Å². The van der Waals surface area contributed by atoms with Crippen LogP contribution in [0.2, 0.25) is 0 Å². The fourth-order valence-electron chi connectivity index (χ4n) is 9.28. The van der Waals surface area contributed by atoms with Crippen molar-refractivity contribution in [1.29, 1.82) is 0 Å². The zero-order valence-electron chi connectivity index (χ0n) is 43.4. The predicted octanol–water partition coefficient (Wildman–Crippen LogP) is 18.1. The third-order valence-electron chi connectivity index (χ3n) is 13.7. The fourth-order valence-corrected chi connectivity index (χ4v) is 9.28. The van der Waals surface area contributed by atoms with Gasteiger partial charge in [-0.1, -0.05) is 295 Å². The Balaban J connectivity index is 3.55. The van der Waals surface area contributed by atoms with E-state index in [4.69, 9.17) is 0 Å². The molecule has 380 valence electrons. The van der Waals surface area contributed by atoms with Crippen LogP contribution in [0.5, 0.6) is 0 Å². The lowest BCUT2D eigenvalue weighted by atomic mass is 10.0. The number of hydrogen-bond donors (Lipinski definition) is 4. The summed E-state index contributed by atoms with van der Waals surface area (Å²) in [6, 6.07) is -0.745. The molecule has 0 aromatic rings. The summed E-state index contributed by atoms with van der Waals surface area (Å²) in [6.07, 6.45) is 69.4. The highest BCUT2D eigenvalue weighted by Gasteiger charge is 2.20. The lowest BCUT2D eigenvalue weighted by molar-refractivity contribution is -0.124. The first-order valence-electron chi connectivity index (χ1n) is 29.1. The summed E-state index contributed by atoms with van der Waals surface area (Å²) >= 11 is 0. The van der Waals surface area contributed by atoms with Gasteiger partial charge in [0.15, 0.2) is 0 Å². The molecule has 3 unspecified atom stereocenters. The molecule has 64 heavy (non-hydrogen) atoms. The smallest absolute Gasteiger partial charge is 0.222 e. The lowest BCUT2D eigenvalue weighted by Crippen LogP contribution is -2.45. The van der Waals surface area contributed by atoms with Crippen molar-refractivity contribution in [2.45, 2.75) is 340 Å². The number of nitrogens with one attached hydrogen (secondary N) is 1. The van der Waals surface area contributed by atoms with Crippen molar-refractivity contribution >= 4 is 5.91 Å². The average Bonchev–Trinajstić information content (AvgIpc) is 3.29. The highest BCUT2D eigenvalue weighted by molar-refractivity contribution is 5.76. The van der Waals surface area contributed by atoms with E-state index in [9.17, 15) is 20.1 Å². The summed E-state index contributed by atoms with van der Waals surface area (Å²) < 4.78 is 0. The average molecular weight is 903 g/mol. The van der Waals surface area contributed by atoms with Gasteiger partial charge in [0.1, 0.15) is 0 Å². The Morgan fingerprint density at radius 3 is 0.953 bits per heavy atom. The minimum absolute atomic E-state index is 0.0149. The quantitative estimate of drug-likeness (QED) is 0.0362. The Labute approximate surface area is 401 Å². The Morgan fingerprint density at radius 2 is 0.656 bits per heavy atom. The Bertz CT molecular complexity index is 951. The van der Waals surface area contributed by atoms with E-state index in [2.05, 4.69) is 31.3 Å². The lowest BCUT2D eigenvalue weighted by Gasteiger charge is -2.21. The number of aliphatic hydroxyl groups is 3. The van der Waals surface area contributed by atoms with Gasteiger partial charge in [-0.15, -0.1) is 0 Å². The summed E-state index contributed by atoms with van der Waals surface area (Å²) in [6.45, 7) is 4.26. The molecule has 0 aliphatic heterocycles. The molecule has 0 saturated carbocycles. The molecule has 1 amide bonds. The zero-order valence-corrected chi connectivity index (χ0v) is 43.4. The number of carbonyl (C=O) groups is 1. The van der Waals surface area contributed by atoms with Crippen LogP contribution >= 0.6 is 0 Å². The van der Waals surface area contributed by atoms with E-state index in [1.807, 2.05) is 6.08 Å². The summed E-state index contributed by atoms with van der Waals surface area (Å²) in [7, 11) is 0. The second-order valence-corrected chi connectivity index (χ2v) is 20.3. The molecule has 3 atom stereocenters. The van der Waals surface area contributed by atoms with Crippen LogP contribution in [-0.2, 0) is 4.79 Å². The number of allylic oxidation sites excluding steroid dienone is 3. The molecule has 4 N–H and O–H groups in total. The molecule has 0 radical (unpaired) electrons. The van der Waals surface area contributed by atoms with Crippen LogP contribution in [-0.4, -0.2) is 46.1 Å². The van der Waals surface area contributed by atoms with Gasteiger partial charge >= 0.3 is 0 Å². The third-order valence-corrected chi connectivity index (χ3v) is 13.7. The first-order valence-corrected chi connectivity index (χ1v) is 29.1. The zero-order chi connectivity index (χ0) is 46.5. The van der Waals surface area contributed by atoms with Crippen LogP contribution in [0, 0.1) is 0 Å². The Hall–Kier alpha value is -1.17. The van der Waals surface area contributed by atoms with Gasteiger partial charge in [0.25, 0.3) is 0 Å². The monoisotopic (exact) mass is 902 g/mol. The number of amides is 1.